The van der Waals surface area contributed by atoms with Crippen molar-refractivity contribution < 1.29 is 22.6 Å². The first-order chi connectivity index (χ1) is 10.8. The molecule has 1 unspecified atom stereocenters. The van der Waals surface area contributed by atoms with Gasteiger partial charge in [0.05, 0.1) is 19.3 Å². The molecular weight excluding hydrogens is 305 g/mol. The van der Waals surface area contributed by atoms with E-state index in [0.717, 1.165) is 24.5 Å². The van der Waals surface area contributed by atoms with Crippen molar-refractivity contribution >= 4 is 0 Å². The highest BCUT2D eigenvalue weighted by molar-refractivity contribution is 5.10. The minimum absolute atomic E-state index is 0.0158. The summed E-state index contributed by atoms with van der Waals surface area (Å²) in [4.78, 5) is 0. The second kappa shape index (κ2) is 12.1. The van der Waals surface area contributed by atoms with Gasteiger partial charge in [-0.2, -0.15) is 13.2 Å². The summed E-state index contributed by atoms with van der Waals surface area (Å²) in [6.45, 7) is 9.27. The maximum Gasteiger partial charge on any atom is 0.412 e. The van der Waals surface area contributed by atoms with E-state index >= 15 is 0 Å². The third-order valence-corrected chi connectivity index (χ3v) is 3.27. The molecule has 0 saturated carbocycles. The fourth-order valence-corrected chi connectivity index (χ4v) is 1.88. The molecule has 0 aliphatic carbocycles. The van der Waals surface area contributed by atoms with Gasteiger partial charge in [0.15, 0.2) is 0 Å². The van der Waals surface area contributed by atoms with Gasteiger partial charge < -0.3 is 9.47 Å². The first-order valence-corrected chi connectivity index (χ1v) is 7.61. The van der Waals surface area contributed by atoms with Gasteiger partial charge >= 0.3 is 6.18 Å². The molecule has 0 saturated heterocycles. The minimum Gasteiger partial charge on any atom is -0.377 e. The molecule has 23 heavy (non-hydrogen) atoms. The van der Waals surface area contributed by atoms with Crippen molar-refractivity contribution in [1.82, 2.24) is 0 Å². The molecule has 0 heterocycles. The van der Waals surface area contributed by atoms with Crippen LogP contribution in [0.25, 0.3) is 0 Å². The maximum atomic E-state index is 12.7. The van der Waals surface area contributed by atoms with E-state index in [0.29, 0.717) is 13.0 Å². The number of methoxy groups -OCH3 is 1. The van der Waals surface area contributed by atoms with E-state index in [-0.39, 0.29) is 19.1 Å². The van der Waals surface area contributed by atoms with Crippen LogP contribution in [-0.2, 0) is 9.47 Å². The van der Waals surface area contributed by atoms with Gasteiger partial charge in [0.1, 0.15) is 0 Å². The van der Waals surface area contributed by atoms with Crippen molar-refractivity contribution in [2.24, 2.45) is 0 Å². The first-order valence-electron chi connectivity index (χ1n) is 7.61. The lowest BCUT2D eigenvalue weighted by molar-refractivity contribution is -0.0945. The van der Waals surface area contributed by atoms with Crippen molar-refractivity contribution in [2.75, 3.05) is 20.3 Å². The predicted molar refractivity (Wildman–Crippen MR) is 88.4 cm³/mol. The number of hydrogen-bond donors (Lipinski definition) is 0. The zero-order chi connectivity index (χ0) is 17.7. The van der Waals surface area contributed by atoms with E-state index < -0.39 is 11.7 Å². The second-order valence-electron chi connectivity index (χ2n) is 5.21. The lowest BCUT2D eigenvalue weighted by Crippen LogP contribution is -2.13. The number of alkyl halides is 3. The summed E-state index contributed by atoms with van der Waals surface area (Å²) in [6.07, 6.45) is 3.89. The minimum atomic E-state index is -4.31. The molecule has 0 aliphatic rings. The van der Waals surface area contributed by atoms with E-state index in [1.807, 2.05) is 13.0 Å². The molecule has 0 aromatic rings. The van der Waals surface area contributed by atoms with Crippen LogP contribution < -0.4 is 0 Å². The van der Waals surface area contributed by atoms with Crippen molar-refractivity contribution in [3.05, 3.63) is 48.6 Å². The zero-order valence-corrected chi connectivity index (χ0v) is 14.0. The highest BCUT2D eigenvalue weighted by atomic mass is 19.4. The van der Waals surface area contributed by atoms with Crippen LogP contribution in [0.15, 0.2) is 48.6 Å². The molecule has 0 fully saturated rings. The fourth-order valence-electron chi connectivity index (χ4n) is 1.88. The van der Waals surface area contributed by atoms with Gasteiger partial charge in [0.2, 0.25) is 0 Å². The maximum absolute atomic E-state index is 12.7. The zero-order valence-electron chi connectivity index (χ0n) is 14.0. The summed E-state index contributed by atoms with van der Waals surface area (Å²) in [5, 5.41) is 0. The molecule has 0 rings (SSSR count). The highest BCUT2D eigenvalue weighted by Crippen LogP contribution is 2.29. The van der Waals surface area contributed by atoms with Crippen LogP contribution >= 0.6 is 0 Å². The molecule has 5 heteroatoms. The van der Waals surface area contributed by atoms with E-state index in [9.17, 15) is 13.2 Å². The summed E-state index contributed by atoms with van der Waals surface area (Å²) >= 11 is 0. The van der Waals surface area contributed by atoms with Crippen LogP contribution in [0.1, 0.15) is 32.6 Å². The lowest BCUT2D eigenvalue weighted by atomic mass is 10.1. The Morgan fingerprint density at radius 2 is 1.87 bits per heavy atom. The standard InChI is InChI=1S/C18H27F3O2/c1-5-7-10-16(18(19,20)21)12-13-23-14-15(3)9-8-11-17(6-2)22-4/h5-6,9,12,17H,1-2,7-8,10-11,13-14H2,3-4H3/b15-9-,16-12-. The van der Waals surface area contributed by atoms with Crippen LogP contribution in [0.4, 0.5) is 13.2 Å². The Hall–Kier alpha value is -1.33. The predicted octanol–water partition coefficient (Wildman–Crippen LogP) is 5.39. The fraction of sp³-hybridized carbons (Fsp3) is 0.556. The van der Waals surface area contributed by atoms with Gasteiger partial charge in [-0.15, -0.1) is 13.2 Å². The van der Waals surface area contributed by atoms with E-state index in [1.54, 1.807) is 13.2 Å². The third kappa shape index (κ3) is 10.9. The molecule has 0 bridgehead atoms. The molecule has 0 amide bonds. The largest absolute Gasteiger partial charge is 0.412 e. The molecule has 1 atom stereocenters. The Morgan fingerprint density at radius 1 is 1.17 bits per heavy atom. The Kier molecular flexibility index (Phi) is 11.4. The molecular formula is C18H27F3O2. The molecule has 0 spiro atoms. The van der Waals surface area contributed by atoms with Crippen LogP contribution in [0, 0.1) is 0 Å². The van der Waals surface area contributed by atoms with Crippen molar-refractivity contribution in [2.45, 2.75) is 44.9 Å². The van der Waals surface area contributed by atoms with Crippen LogP contribution in [0.2, 0.25) is 0 Å². The van der Waals surface area contributed by atoms with Gasteiger partial charge in [0, 0.05) is 12.7 Å². The molecule has 0 radical (unpaired) electrons. The van der Waals surface area contributed by atoms with Crippen molar-refractivity contribution in [3.8, 4) is 0 Å². The number of rotatable bonds is 12. The van der Waals surface area contributed by atoms with Crippen LogP contribution in [-0.4, -0.2) is 32.6 Å². The normalized spacial score (nSPS) is 14.7. The molecule has 0 aromatic carbocycles. The molecule has 0 aromatic heterocycles. The van der Waals surface area contributed by atoms with E-state index in [1.165, 1.54) is 6.08 Å². The molecule has 2 nitrogen and oxygen atoms in total. The lowest BCUT2D eigenvalue weighted by Gasteiger charge is -2.11. The van der Waals surface area contributed by atoms with Crippen molar-refractivity contribution in [3.63, 3.8) is 0 Å². The van der Waals surface area contributed by atoms with Crippen LogP contribution in [0.5, 0.6) is 0 Å². The third-order valence-electron chi connectivity index (χ3n) is 3.27. The van der Waals surface area contributed by atoms with E-state index in [4.69, 9.17) is 9.47 Å². The smallest absolute Gasteiger partial charge is 0.377 e. The summed E-state index contributed by atoms with van der Waals surface area (Å²) in [7, 11) is 1.63. The SMILES string of the molecule is C=CCC/C(=C/COC/C(C)=C\CCC(C=C)OC)C(F)(F)F. The summed E-state index contributed by atoms with van der Waals surface area (Å²) in [5.41, 5.74) is 0.421. The Balaban J connectivity index is 4.22. The molecule has 0 N–H and O–H groups in total. The number of hydrogen-bond acceptors (Lipinski definition) is 2. The second-order valence-corrected chi connectivity index (χ2v) is 5.21. The van der Waals surface area contributed by atoms with Crippen molar-refractivity contribution in [1.29, 1.82) is 0 Å². The summed E-state index contributed by atoms with van der Waals surface area (Å²) in [6, 6.07) is 0. The number of allylic oxidation sites excluding steroid dienone is 3. The Morgan fingerprint density at radius 3 is 2.39 bits per heavy atom. The Labute approximate surface area is 137 Å². The number of halogens is 3. The summed E-state index contributed by atoms with van der Waals surface area (Å²) in [5.74, 6) is 0. The van der Waals surface area contributed by atoms with Gasteiger partial charge in [-0.25, -0.2) is 0 Å². The van der Waals surface area contributed by atoms with Crippen LogP contribution in [0.3, 0.4) is 0 Å². The van der Waals surface area contributed by atoms with Gasteiger partial charge in [-0.05, 0) is 32.6 Å². The highest BCUT2D eigenvalue weighted by Gasteiger charge is 2.32. The average Bonchev–Trinajstić information content (AvgIpc) is 2.49. The molecule has 132 valence electrons. The van der Waals surface area contributed by atoms with Gasteiger partial charge in [-0.3, -0.25) is 0 Å². The van der Waals surface area contributed by atoms with E-state index in [2.05, 4.69) is 13.2 Å². The first kappa shape index (κ1) is 21.7. The van der Waals surface area contributed by atoms with Gasteiger partial charge in [0.25, 0.3) is 0 Å². The monoisotopic (exact) mass is 332 g/mol. The topological polar surface area (TPSA) is 18.5 Å². The average molecular weight is 332 g/mol. The molecule has 0 aliphatic heterocycles. The quantitative estimate of drug-likeness (QED) is 0.352. The van der Waals surface area contributed by atoms with Gasteiger partial charge in [-0.1, -0.05) is 29.9 Å². The number of ether oxygens (including phenoxy) is 2. The Bertz CT molecular complexity index is 409. The summed E-state index contributed by atoms with van der Waals surface area (Å²) < 4.78 is 48.7.